The molecule has 0 spiro atoms. The lowest BCUT2D eigenvalue weighted by Gasteiger charge is -2.23. The van der Waals surface area contributed by atoms with Crippen LogP contribution in [0.3, 0.4) is 0 Å². The van der Waals surface area contributed by atoms with E-state index < -0.39 is 11.9 Å². The summed E-state index contributed by atoms with van der Waals surface area (Å²) in [4.78, 5) is 28.0. The predicted molar refractivity (Wildman–Crippen MR) is 123 cm³/mol. The Morgan fingerprint density at radius 1 is 0.786 bits per heavy atom. The fourth-order valence-electron chi connectivity index (χ4n) is 2.34. The SMILES string of the molecule is CCN(CC)C(=S)Sc1cc(C(=O)O)c(SC(=S)N(CC)CC)cc1C(=O)O. The Balaban J connectivity index is 3.39. The summed E-state index contributed by atoms with van der Waals surface area (Å²) in [6, 6.07) is 2.75. The number of benzene rings is 1. The van der Waals surface area contributed by atoms with Crippen LogP contribution in [-0.4, -0.2) is 66.8 Å². The van der Waals surface area contributed by atoms with Crippen LogP contribution in [0.5, 0.6) is 0 Å². The van der Waals surface area contributed by atoms with Gasteiger partial charge in [-0.1, -0.05) is 48.0 Å². The highest BCUT2D eigenvalue weighted by atomic mass is 32.2. The standard InChI is InChI=1S/C18H24N2O4S4/c1-5-19(6-2)17(25)27-13-9-12(16(23)24)14(10-11(13)15(21)22)28-18(26)20(7-3)8-4/h9-10H,5-8H2,1-4H3,(H,21,22)(H,23,24). The third-order valence-electron chi connectivity index (χ3n) is 3.98. The maximum Gasteiger partial charge on any atom is 0.336 e. The highest BCUT2D eigenvalue weighted by molar-refractivity contribution is 8.23. The van der Waals surface area contributed by atoms with Gasteiger partial charge in [0.25, 0.3) is 0 Å². The molecule has 0 unspecified atom stereocenters. The first-order valence-electron chi connectivity index (χ1n) is 8.78. The second kappa shape index (κ2) is 11.6. The number of carbonyl (C=O) groups is 2. The van der Waals surface area contributed by atoms with E-state index in [1.165, 1.54) is 12.1 Å². The molecule has 0 aromatic heterocycles. The van der Waals surface area contributed by atoms with Crippen LogP contribution < -0.4 is 0 Å². The molecule has 0 fully saturated rings. The van der Waals surface area contributed by atoms with Gasteiger partial charge < -0.3 is 20.0 Å². The van der Waals surface area contributed by atoms with E-state index >= 15 is 0 Å². The van der Waals surface area contributed by atoms with Crippen molar-refractivity contribution in [3.8, 4) is 0 Å². The third-order valence-corrected chi connectivity index (χ3v) is 6.98. The van der Waals surface area contributed by atoms with Gasteiger partial charge in [-0.25, -0.2) is 9.59 Å². The molecule has 2 N–H and O–H groups in total. The highest BCUT2D eigenvalue weighted by Gasteiger charge is 2.23. The highest BCUT2D eigenvalue weighted by Crippen LogP contribution is 2.34. The van der Waals surface area contributed by atoms with Gasteiger partial charge in [0.05, 0.1) is 11.1 Å². The van der Waals surface area contributed by atoms with Gasteiger partial charge in [0.2, 0.25) is 0 Å². The number of nitrogens with zero attached hydrogens (tertiary/aromatic N) is 2. The summed E-state index contributed by atoms with van der Waals surface area (Å²) in [6.45, 7) is 10.5. The van der Waals surface area contributed by atoms with Gasteiger partial charge in [0.15, 0.2) is 0 Å². The molecule has 154 valence electrons. The molecule has 0 aliphatic heterocycles. The molecule has 0 amide bonds. The minimum absolute atomic E-state index is 0.00866. The number of carboxylic acids is 2. The van der Waals surface area contributed by atoms with Crippen LogP contribution in [0, 0.1) is 0 Å². The molecule has 0 saturated carbocycles. The average Bonchev–Trinajstić information content (AvgIpc) is 2.64. The molecule has 0 aliphatic carbocycles. The molecule has 0 aliphatic rings. The summed E-state index contributed by atoms with van der Waals surface area (Å²) in [5.74, 6) is -2.28. The van der Waals surface area contributed by atoms with Crippen molar-refractivity contribution in [2.24, 2.45) is 0 Å². The van der Waals surface area contributed by atoms with Gasteiger partial charge in [-0.05, 0) is 39.8 Å². The summed E-state index contributed by atoms with van der Waals surface area (Å²) in [6.07, 6.45) is 0. The molecule has 1 aromatic rings. The Bertz CT molecular complexity index is 698. The second-order valence-corrected chi connectivity index (χ2v) is 8.89. The van der Waals surface area contributed by atoms with E-state index in [0.717, 1.165) is 23.5 Å². The summed E-state index contributed by atoms with van der Waals surface area (Å²) in [5, 5.41) is 19.3. The number of hydrogen-bond donors (Lipinski definition) is 2. The Hall–Kier alpha value is -1.36. The van der Waals surface area contributed by atoms with Gasteiger partial charge in [0, 0.05) is 36.0 Å². The smallest absolute Gasteiger partial charge is 0.336 e. The van der Waals surface area contributed by atoms with Crippen molar-refractivity contribution in [2.45, 2.75) is 37.5 Å². The molecule has 0 heterocycles. The molecule has 0 saturated heterocycles. The molecule has 10 heteroatoms. The summed E-state index contributed by atoms with van der Waals surface area (Å²) >= 11 is 13.0. The lowest BCUT2D eigenvalue weighted by atomic mass is 10.1. The van der Waals surface area contributed by atoms with Crippen molar-refractivity contribution in [3.05, 3.63) is 23.3 Å². The van der Waals surface area contributed by atoms with Crippen LogP contribution in [-0.2, 0) is 0 Å². The first-order chi connectivity index (χ1) is 13.2. The minimum Gasteiger partial charge on any atom is -0.478 e. The van der Waals surface area contributed by atoms with Crippen molar-refractivity contribution in [2.75, 3.05) is 26.2 Å². The van der Waals surface area contributed by atoms with Crippen molar-refractivity contribution in [1.29, 1.82) is 0 Å². The van der Waals surface area contributed by atoms with Crippen LogP contribution in [0.25, 0.3) is 0 Å². The fourth-order valence-corrected chi connectivity index (χ4v) is 5.42. The molecule has 6 nitrogen and oxygen atoms in total. The first kappa shape index (κ1) is 24.7. The largest absolute Gasteiger partial charge is 0.478 e. The second-order valence-electron chi connectivity index (χ2n) is 5.54. The fraction of sp³-hybridized carbons (Fsp3) is 0.444. The summed E-state index contributed by atoms with van der Waals surface area (Å²) in [5.41, 5.74) is 0.0173. The first-order valence-corrected chi connectivity index (χ1v) is 11.2. The normalized spacial score (nSPS) is 10.4. The van der Waals surface area contributed by atoms with Crippen LogP contribution in [0.15, 0.2) is 21.9 Å². The van der Waals surface area contributed by atoms with Crippen LogP contribution in [0.4, 0.5) is 0 Å². The Morgan fingerprint density at radius 3 is 1.29 bits per heavy atom. The zero-order valence-corrected chi connectivity index (χ0v) is 19.5. The average molecular weight is 461 g/mol. The van der Waals surface area contributed by atoms with Crippen molar-refractivity contribution in [1.82, 2.24) is 9.80 Å². The topological polar surface area (TPSA) is 81.1 Å². The maximum atomic E-state index is 11.8. The number of hydrogen-bond acceptors (Lipinski definition) is 6. The van der Waals surface area contributed by atoms with Gasteiger partial charge in [-0.3, -0.25) is 0 Å². The predicted octanol–water partition coefficient (Wildman–Crippen LogP) is 4.52. The minimum atomic E-state index is -1.14. The Morgan fingerprint density at radius 2 is 1.07 bits per heavy atom. The van der Waals surface area contributed by atoms with E-state index in [1.54, 1.807) is 0 Å². The van der Waals surface area contributed by atoms with E-state index in [4.69, 9.17) is 24.4 Å². The van der Waals surface area contributed by atoms with E-state index in [-0.39, 0.29) is 11.1 Å². The van der Waals surface area contributed by atoms with Crippen LogP contribution in [0.2, 0.25) is 0 Å². The lowest BCUT2D eigenvalue weighted by molar-refractivity contribution is 0.0675. The van der Waals surface area contributed by atoms with Crippen LogP contribution >= 0.6 is 48.0 Å². The van der Waals surface area contributed by atoms with Crippen molar-refractivity contribution >= 4 is 68.5 Å². The lowest BCUT2D eigenvalue weighted by Crippen LogP contribution is -2.27. The molecule has 1 rings (SSSR count). The molecule has 0 radical (unpaired) electrons. The molecule has 0 atom stereocenters. The summed E-state index contributed by atoms with van der Waals surface area (Å²) in [7, 11) is 0. The Labute approximate surface area is 184 Å². The third kappa shape index (κ3) is 6.33. The number of carboxylic acid groups (broad SMARTS) is 2. The number of thioether (sulfide) groups is 2. The van der Waals surface area contributed by atoms with E-state index in [0.29, 0.717) is 44.6 Å². The maximum absolute atomic E-state index is 11.8. The molecule has 28 heavy (non-hydrogen) atoms. The van der Waals surface area contributed by atoms with Gasteiger partial charge in [-0.15, -0.1) is 0 Å². The van der Waals surface area contributed by atoms with E-state index in [9.17, 15) is 19.8 Å². The van der Waals surface area contributed by atoms with Gasteiger partial charge in [-0.2, -0.15) is 0 Å². The molecule has 0 bridgehead atoms. The zero-order valence-electron chi connectivity index (χ0n) is 16.2. The van der Waals surface area contributed by atoms with Crippen molar-refractivity contribution in [3.63, 3.8) is 0 Å². The molecular formula is C18H24N2O4S4. The van der Waals surface area contributed by atoms with Crippen molar-refractivity contribution < 1.29 is 19.8 Å². The van der Waals surface area contributed by atoms with E-state index in [1.807, 2.05) is 37.5 Å². The molecule has 1 aromatic carbocycles. The zero-order chi connectivity index (χ0) is 21.4. The number of aromatic carboxylic acids is 2. The monoisotopic (exact) mass is 460 g/mol. The van der Waals surface area contributed by atoms with Crippen LogP contribution in [0.1, 0.15) is 48.4 Å². The number of thiocarbonyl (C=S) groups is 2. The quantitative estimate of drug-likeness (QED) is 0.427. The molecular weight excluding hydrogens is 436 g/mol. The van der Waals surface area contributed by atoms with Gasteiger partial charge >= 0.3 is 11.9 Å². The number of rotatable bonds is 8. The van der Waals surface area contributed by atoms with E-state index in [2.05, 4.69) is 0 Å². The van der Waals surface area contributed by atoms with Gasteiger partial charge in [0.1, 0.15) is 8.64 Å². The Kier molecular flexibility index (Phi) is 10.2. The summed E-state index contributed by atoms with van der Waals surface area (Å²) < 4.78 is 1.01.